The molecule has 1 unspecified atom stereocenters. The summed E-state index contributed by atoms with van der Waals surface area (Å²) in [6.07, 6.45) is 0. The Hall–Kier alpha value is -3.03. The number of thioether (sulfide) groups is 1. The second kappa shape index (κ2) is 9.45. The lowest BCUT2D eigenvalue weighted by Crippen LogP contribution is -2.24. The first-order valence-electron chi connectivity index (χ1n) is 8.51. The summed E-state index contributed by atoms with van der Waals surface area (Å²) in [6.45, 7) is 1.88. The van der Waals surface area contributed by atoms with Crippen molar-refractivity contribution in [1.82, 2.24) is 14.9 Å². The zero-order valence-electron chi connectivity index (χ0n) is 15.4. The predicted octanol–water partition coefficient (Wildman–Crippen LogP) is 3.32. The summed E-state index contributed by atoms with van der Waals surface area (Å²) in [4.78, 5) is 12.4. The number of ether oxygens (including phenoxy) is 1. The second-order valence-corrected chi connectivity index (χ2v) is 8.18. The number of carbonyl (C=O) groups excluding carboxylic acids is 1. The topological polar surface area (TPSA) is 119 Å². The van der Waals surface area contributed by atoms with Gasteiger partial charge in [0, 0.05) is 10.2 Å². The summed E-state index contributed by atoms with van der Waals surface area (Å²) < 4.78 is 7.88. The fraction of sp³-hybridized carbons (Fsp3) is 0.158. The molecule has 0 radical (unpaired) electrons. The first-order chi connectivity index (χ1) is 14.0. The molecule has 0 bridgehead atoms. The van der Waals surface area contributed by atoms with E-state index in [-0.39, 0.29) is 12.5 Å². The Labute approximate surface area is 180 Å². The second-order valence-electron chi connectivity index (χ2n) is 5.96. The van der Waals surface area contributed by atoms with Crippen LogP contribution in [-0.2, 0) is 11.4 Å². The van der Waals surface area contributed by atoms with Crippen molar-refractivity contribution in [2.75, 3.05) is 11.2 Å². The van der Waals surface area contributed by atoms with Crippen LogP contribution in [0.5, 0.6) is 5.75 Å². The molecule has 0 spiro atoms. The highest BCUT2D eigenvalue weighted by Crippen LogP contribution is 2.23. The van der Waals surface area contributed by atoms with Crippen molar-refractivity contribution in [3.05, 3.63) is 64.4 Å². The van der Waals surface area contributed by atoms with Crippen molar-refractivity contribution in [3.8, 4) is 11.8 Å². The largest absolute Gasteiger partial charge is 0.485 e. The predicted molar refractivity (Wildman–Crippen MR) is 114 cm³/mol. The van der Waals surface area contributed by atoms with Gasteiger partial charge < -0.3 is 15.9 Å². The van der Waals surface area contributed by atoms with Crippen molar-refractivity contribution in [2.24, 2.45) is 0 Å². The summed E-state index contributed by atoms with van der Waals surface area (Å²) in [7, 11) is 0. The van der Waals surface area contributed by atoms with Crippen LogP contribution in [0.1, 0.15) is 18.3 Å². The fourth-order valence-corrected chi connectivity index (χ4v) is 3.48. The maximum atomic E-state index is 12.4. The number of nitrogens with two attached hydrogens (primary N) is 1. The van der Waals surface area contributed by atoms with Crippen LogP contribution in [0.25, 0.3) is 0 Å². The van der Waals surface area contributed by atoms with Crippen LogP contribution in [0.3, 0.4) is 0 Å². The molecule has 29 heavy (non-hydrogen) atoms. The van der Waals surface area contributed by atoms with Gasteiger partial charge in [-0.05, 0) is 43.3 Å². The Balaban J connectivity index is 1.59. The van der Waals surface area contributed by atoms with Gasteiger partial charge in [-0.3, -0.25) is 4.79 Å². The van der Waals surface area contributed by atoms with Crippen LogP contribution >= 0.6 is 27.7 Å². The molecule has 8 nitrogen and oxygen atoms in total. The number of aromatic nitrogens is 3. The smallest absolute Gasteiger partial charge is 0.237 e. The normalized spacial score (nSPS) is 11.5. The lowest BCUT2D eigenvalue weighted by atomic mass is 10.2. The molecule has 2 aromatic carbocycles. The minimum absolute atomic E-state index is 0.141. The number of nitrogens with one attached hydrogen (secondary N) is 1. The number of anilines is 1. The lowest BCUT2D eigenvalue weighted by Gasteiger charge is -2.12. The van der Waals surface area contributed by atoms with Gasteiger partial charge in [0.05, 0.1) is 16.9 Å². The standard InChI is InChI=1S/C19H17BrN6O2S/c1-12(18(27)23-15-6-2-4-13(8-15)10-21)29-19-25-24-17(26(19)22)11-28-16-7-3-5-14(20)9-16/h2-9,12H,11,22H2,1H3,(H,23,27). The quantitative estimate of drug-likeness (QED) is 0.399. The molecule has 3 rings (SSSR count). The fourth-order valence-electron chi connectivity index (χ4n) is 2.31. The molecule has 0 saturated heterocycles. The summed E-state index contributed by atoms with van der Waals surface area (Å²) in [5.74, 6) is 6.92. The molecule has 148 valence electrons. The number of hydrogen-bond acceptors (Lipinski definition) is 7. The molecular formula is C19H17BrN6O2S. The van der Waals surface area contributed by atoms with E-state index in [0.717, 1.165) is 4.47 Å². The number of hydrogen-bond donors (Lipinski definition) is 2. The third-order valence-electron chi connectivity index (χ3n) is 3.81. The van der Waals surface area contributed by atoms with Gasteiger partial charge in [-0.25, -0.2) is 4.68 Å². The number of nitrogens with zero attached hydrogens (tertiary/aromatic N) is 4. The van der Waals surface area contributed by atoms with E-state index in [4.69, 9.17) is 15.8 Å². The molecule has 1 atom stereocenters. The molecule has 1 aromatic heterocycles. The molecule has 0 fully saturated rings. The van der Waals surface area contributed by atoms with E-state index in [0.29, 0.717) is 28.0 Å². The highest BCUT2D eigenvalue weighted by Gasteiger charge is 2.20. The highest BCUT2D eigenvalue weighted by atomic mass is 79.9. The Kier molecular flexibility index (Phi) is 6.74. The van der Waals surface area contributed by atoms with Crippen LogP contribution in [0.2, 0.25) is 0 Å². The van der Waals surface area contributed by atoms with Gasteiger partial charge >= 0.3 is 0 Å². The van der Waals surface area contributed by atoms with Crippen LogP contribution < -0.4 is 15.9 Å². The zero-order valence-corrected chi connectivity index (χ0v) is 17.8. The number of benzene rings is 2. The van der Waals surface area contributed by atoms with E-state index in [1.54, 1.807) is 31.2 Å². The molecule has 3 aromatic rings. The molecule has 0 saturated carbocycles. The van der Waals surface area contributed by atoms with E-state index in [1.165, 1.54) is 16.4 Å². The first kappa shape index (κ1) is 20.7. The van der Waals surface area contributed by atoms with Crippen molar-refractivity contribution in [2.45, 2.75) is 23.9 Å². The van der Waals surface area contributed by atoms with E-state index in [1.807, 2.05) is 30.3 Å². The van der Waals surface area contributed by atoms with Crippen molar-refractivity contribution in [3.63, 3.8) is 0 Å². The van der Waals surface area contributed by atoms with Crippen molar-refractivity contribution in [1.29, 1.82) is 5.26 Å². The van der Waals surface area contributed by atoms with E-state index in [9.17, 15) is 4.79 Å². The third kappa shape index (κ3) is 5.49. The summed E-state index contributed by atoms with van der Waals surface area (Å²) in [5, 5.41) is 19.7. The van der Waals surface area contributed by atoms with E-state index >= 15 is 0 Å². The van der Waals surface area contributed by atoms with Gasteiger partial charge in [0.2, 0.25) is 11.1 Å². The maximum Gasteiger partial charge on any atom is 0.237 e. The van der Waals surface area contributed by atoms with Gasteiger partial charge in [0.25, 0.3) is 0 Å². The molecule has 0 aliphatic rings. The van der Waals surface area contributed by atoms with Crippen LogP contribution in [-0.4, -0.2) is 26.0 Å². The highest BCUT2D eigenvalue weighted by molar-refractivity contribution is 9.10. The van der Waals surface area contributed by atoms with Gasteiger partial charge in [-0.2, -0.15) is 5.26 Å². The first-order valence-corrected chi connectivity index (χ1v) is 10.2. The van der Waals surface area contributed by atoms with Crippen LogP contribution in [0.4, 0.5) is 5.69 Å². The van der Waals surface area contributed by atoms with Crippen LogP contribution in [0, 0.1) is 11.3 Å². The maximum absolute atomic E-state index is 12.4. The van der Waals surface area contributed by atoms with E-state index in [2.05, 4.69) is 31.4 Å². The van der Waals surface area contributed by atoms with Gasteiger partial charge in [0.15, 0.2) is 5.82 Å². The lowest BCUT2D eigenvalue weighted by molar-refractivity contribution is -0.115. The summed E-state index contributed by atoms with van der Waals surface area (Å²) in [6, 6.07) is 16.2. The molecule has 10 heteroatoms. The van der Waals surface area contributed by atoms with Gasteiger partial charge in [-0.1, -0.05) is 39.8 Å². The monoisotopic (exact) mass is 472 g/mol. The number of nitrogen functional groups attached to an aromatic ring is 1. The molecule has 1 amide bonds. The van der Waals surface area contributed by atoms with Gasteiger partial charge in [0.1, 0.15) is 12.4 Å². The summed E-state index contributed by atoms with van der Waals surface area (Å²) in [5.41, 5.74) is 1.03. The molecule has 0 aliphatic carbocycles. The SMILES string of the molecule is CC(Sc1nnc(COc2cccc(Br)c2)n1N)C(=O)Nc1cccc(C#N)c1. The molecular weight excluding hydrogens is 456 g/mol. The number of carbonyl (C=O) groups is 1. The number of halogens is 1. The van der Waals surface area contributed by atoms with E-state index < -0.39 is 5.25 Å². The average molecular weight is 473 g/mol. The number of rotatable bonds is 7. The minimum atomic E-state index is -0.480. The molecule has 0 aliphatic heterocycles. The zero-order chi connectivity index (χ0) is 20.8. The minimum Gasteiger partial charge on any atom is -0.485 e. The molecule has 3 N–H and O–H groups in total. The average Bonchev–Trinajstić information content (AvgIpc) is 3.06. The van der Waals surface area contributed by atoms with Crippen LogP contribution in [0.15, 0.2) is 58.2 Å². The van der Waals surface area contributed by atoms with Crippen molar-refractivity contribution >= 4 is 39.3 Å². The Bertz CT molecular complexity index is 1060. The van der Waals surface area contributed by atoms with Crippen molar-refractivity contribution < 1.29 is 9.53 Å². The third-order valence-corrected chi connectivity index (χ3v) is 5.36. The number of amides is 1. The Morgan fingerprint density at radius 2 is 2.14 bits per heavy atom. The number of nitriles is 1. The summed E-state index contributed by atoms with van der Waals surface area (Å²) >= 11 is 4.56. The van der Waals surface area contributed by atoms with Gasteiger partial charge in [-0.15, -0.1) is 10.2 Å². The Morgan fingerprint density at radius 3 is 2.90 bits per heavy atom. The Morgan fingerprint density at radius 1 is 1.34 bits per heavy atom. The molecule has 1 heterocycles.